The first-order valence-corrected chi connectivity index (χ1v) is 11.3. The van der Waals surface area contributed by atoms with Gasteiger partial charge in [0.1, 0.15) is 5.75 Å². The normalized spacial score (nSPS) is 15.8. The fourth-order valence-corrected chi connectivity index (χ4v) is 4.64. The van der Waals surface area contributed by atoms with Gasteiger partial charge in [0.05, 0.1) is 24.6 Å². The number of H-pyrrole nitrogens is 1. The number of carbonyl (C=O) groups excluding carboxylic acids is 1. The number of thioether (sulfide) groups is 1. The monoisotopic (exact) mass is 425 g/mol. The molecule has 0 radical (unpaired) electrons. The van der Waals surface area contributed by atoms with Crippen molar-refractivity contribution in [2.75, 3.05) is 26.0 Å². The fraction of sp³-hybridized carbons (Fsp3) is 0.409. The summed E-state index contributed by atoms with van der Waals surface area (Å²) in [4.78, 5) is 17.9. The third-order valence-corrected chi connectivity index (χ3v) is 6.46. The third kappa shape index (κ3) is 4.44. The SMILES string of the molecule is COc1ccc(-n2c(SCC(=O)c3ccc[nH]3)nnc2[C@@H](C)N2CCCCC2)cc1. The Kier molecular flexibility index (Phi) is 6.54. The van der Waals surface area contributed by atoms with Crippen molar-refractivity contribution in [3.63, 3.8) is 0 Å². The van der Waals surface area contributed by atoms with E-state index in [2.05, 4.69) is 31.6 Å². The first kappa shape index (κ1) is 20.7. The van der Waals surface area contributed by atoms with E-state index >= 15 is 0 Å². The summed E-state index contributed by atoms with van der Waals surface area (Å²) in [6.07, 6.45) is 5.48. The molecular weight excluding hydrogens is 398 g/mol. The van der Waals surface area contributed by atoms with Crippen LogP contribution in [-0.2, 0) is 0 Å². The lowest BCUT2D eigenvalue weighted by Crippen LogP contribution is -2.33. The predicted octanol–water partition coefficient (Wildman–Crippen LogP) is 4.13. The Morgan fingerprint density at radius 3 is 2.60 bits per heavy atom. The Labute approximate surface area is 180 Å². The molecule has 1 aliphatic heterocycles. The van der Waals surface area contributed by atoms with Crippen molar-refractivity contribution >= 4 is 17.5 Å². The molecule has 1 saturated heterocycles. The number of piperidine rings is 1. The minimum absolute atomic E-state index is 0.0416. The summed E-state index contributed by atoms with van der Waals surface area (Å²) in [6.45, 7) is 4.34. The lowest BCUT2D eigenvalue weighted by Gasteiger charge is -2.31. The van der Waals surface area contributed by atoms with Crippen LogP contribution in [0.5, 0.6) is 5.75 Å². The van der Waals surface area contributed by atoms with Crippen LogP contribution in [-0.4, -0.2) is 56.4 Å². The van der Waals surface area contributed by atoms with Crippen molar-refractivity contribution in [2.24, 2.45) is 0 Å². The molecule has 8 heteroatoms. The molecule has 1 aliphatic rings. The molecule has 1 atom stereocenters. The smallest absolute Gasteiger partial charge is 0.196 e. The standard InChI is InChI=1S/C22H27N5O2S/c1-16(26-13-4-3-5-14-26)21-24-25-22(30-15-20(28)19-7-6-12-23-19)27(21)17-8-10-18(29-2)11-9-17/h6-12,16,23H,3-5,13-15H2,1-2H3/t16-/m1/s1. The number of aromatic nitrogens is 4. The number of nitrogens with one attached hydrogen (secondary N) is 1. The van der Waals surface area contributed by atoms with Crippen LogP contribution in [0.25, 0.3) is 5.69 Å². The predicted molar refractivity (Wildman–Crippen MR) is 118 cm³/mol. The van der Waals surface area contributed by atoms with E-state index in [9.17, 15) is 4.79 Å². The Morgan fingerprint density at radius 1 is 1.17 bits per heavy atom. The third-order valence-electron chi connectivity index (χ3n) is 5.53. The number of ketones is 1. The average molecular weight is 426 g/mol. The molecule has 0 unspecified atom stereocenters. The van der Waals surface area contributed by atoms with Crippen molar-refractivity contribution in [3.05, 3.63) is 54.1 Å². The van der Waals surface area contributed by atoms with Crippen molar-refractivity contribution in [2.45, 2.75) is 37.4 Å². The highest BCUT2D eigenvalue weighted by Gasteiger charge is 2.26. The molecule has 1 fully saturated rings. The number of carbonyl (C=O) groups is 1. The Balaban J connectivity index is 1.63. The van der Waals surface area contributed by atoms with Crippen LogP contribution < -0.4 is 4.74 Å². The molecule has 2 aromatic heterocycles. The van der Waals surface area contributed by atoms with Gasteiger partial charge in [0.2, 0.25) is 0 Å². The molecule has 0 bridgehead atoms. The summed E-state index contributed by atoms with van der Waals surface area (Å²) in [5, 5.41) is 9.73. The fourth-order valence-electron chi connectivity index (χ4n) is 3.80. The highest BCUT2D eigenvalue weighted by molar-refractivity contribution is 7.99. The van der Waals surface area contributed by atoms with Crippen LogP contribution in [0.3, 0.4) is 0 Å². The maximum Gasteiger partial charge on any atom is 0.196 e. The first-order valence-electron chi connectivity index (χ1n) is 10.3. The number of benzene rings is 1. The number of methoxy groups -OCH3 is 1. The average Bonchev–Trinajstić information content (AvgIpc) is 3.48. The number of aromatic amines is 1. The summed E-state index contributed by atoms with van der Waals surface area (Å²) in [5.74, 6) is 2.04. The van der Waals surface area contributed by atoms with Gasteiger partial charge in [-0.1, -0.05) is 18.2 Å². The number of hydrogen-bond acceptors (Lipinski definition) is 6. The van der Waals surface area contributed by atoms with E-state index in [1.54, 1.807) is 19.4 Å². The Morgan fingerprint density at radius 2 is 1.93 bits per heavy atom. The van der Waals surface area contributed by atoms with E-state index in [0.717, 1.165) is 35.5 Å². The zero-order chi connectivity index (χ0) is 20.9. The van der Waals surface area contributed by atoms with Crippen molar-refractivity contribution < 1.29 is 9.53 Å². The van der Waals surface area contributed by atoms with Gasteiger partial charge in [-0.3, -0.25) is 14.3 Å². The van der Waals surface area contributed by atoms with Gasteiger partial charge in [-0.2, -0.15) is 0 Å². The highest BCUT2D eigenvalue weighted by atomic mass is 32.2. The van der Waals surface area contributed by atoms with Crippen molar-refractivity contribution in [3.8, 4) is 11.4 Å². The van der Waals surface area contributed by atoms with Gasteiger partial charge in [-0.15, -0.1) is 10.2 Å². The number of rotatable bonds is 8. The van der Waals surface area contributed by atoms with Crippen molar-refractivity contribution in [1.29, 1.82) is 0 Å². The van der Waals surface area contributed by atoms with E-state index in [-0.39, 0.29) is 11.8 Å². The molecule has 7 nitrogen and oxygen atoms in total. The molecular formula is C22H27N5O2S. The second-order valence-corrected chi connectivity index (χ2v) is 8.38. The highest BCUT2D eigenvalue weighted by Crippen LogP contribution is 2.30. The van der Waals surface area contributed by atoms with Crippen LogP contribution in [0.1, 0.15) is 48.5 Å². The lowest BCUT2D eigenvalue weighted by atomic mass is 10.1. The molecule has 1 N–H and O–H groups in total. The minimum Gasteiger partial charge on any atom is -0.497 e. The number of ether oxygens (including phenoxy) is 1. The molecule has 3 aromatic rings. The quantitative estimate of drug-likeness (QED) is 0.432. The summed E-state index contributed by atoms with van der Waals surface area (Å²) >= 11 is 1.41. The first-order chi connectivity index (χ1) is 14.7. The van der Waals surface area contributed by atoms with Gasteiger partial charge in [0, 0.05) is 11.9 Å². The van der Waals surface area contributed by atoms with Crippen LogP contribution in [0.2, 0.25) is 0 Å². The van der Waals surface area contributed by atoms with E-state index in [1.807, 2.05) is 30.3 Å². The van der Waals surface area contributed by atoms with Crippen LogP contribution in [0.15, 0.2) is 47.8 Å². The maximum absolute atomic E-state index is 12.5. The van der Waals surface area contributed by atoms with E-state index < -0.39 is 0 Å². The summed E-state index contributed by atoms with van der Waals surface area (Å²) in [6, 6.07) is 11.6. The van der Waals surface area contributed by atoms with Gasteiger partial charge in [0.15, 0.2) is 16.8 Å². The second kappa shape index (κ2) is 9.49. The summed E-state index contributed by atoms with van der Waals surface area (Å²) in [7, 11) is 1.66. The number of Topliss-reactive ketones (excluding diaryl/α,β-unsaturated/α-hetero) is 1. The van der Waals surface area contributed by atoms with Gasteiger partial charge in [-0.25, -0.2) is 0 Å². The molecule has 30 heavy (non-hydrogen) atoms. The van der Waals surface area contributed by atoms with Crippen LogP contribution in [0, 0.1) is 0 Å². The van der Waals surface area contributed by atoms with Gasteiger partial charge < -0.3 is 9.72 Å². The van der Waals surface area contributed by atoms with Crippen LogP contribution >= 0.6 is 11.8 Å². The van der Waals surface area contributed by atoms with Gasteiger partial charge >= 0.3 is 0 Å². The zero-order valence-corrected chi connectivity index (χ0v) is 18.2. The van der Waals surface area contributed by atoms with E-state index in [0.29, 0.717) is 11.4 Å². The van der Waals surface area contributed by atoms with Crippen molar-refractivity contribution in [1.82, 2.24) is 24.6 Å². The molecule has 0 aliphatic carbocycles. The molecule has 1 aromatic carbocycles. The molecule has 0 saturated carbocycles. The lowest BCUT2D eigenvalue weighted by molar-refractivity contribution is 0.101. The molecule has 3 heterocycles. The molecule has 158 valence electrons. The number of hydrogen-bond donors (Lipinski definition) is 1. The van der Waals surface area contributed by atoms with E-state index in [4.69, 9.17) is 4.74 Å². The zero-order valence-electron chi connectivity index (χ0n) is 17.4. The number of nitrogens with zero attached hydrogens (tertiary/aromatic N) is 4. The van der Waals surface area contributed by atoms with E-state index in [1.165, 1.54) is 31.0 Å². The molecule has 0 amide bonds. The Bertz CT molecular complexity index is 962. The topological polar surface area (TPSA) is 76.0 Å². The molecule has 0 spiro atoms. The minimum atomic E-state index is 0.0416. The second-order valence-electron chi connectivity index (χ2n) is 7.44. The van der Waals surface area contributed by atoms with Crippen LogP contribution in [0.4, 0.5) is 0 Å². The maximum atomic E-state index is 12.5. The number of likely N-dealkylation sites (tertiary alicyclic amines) is 1. The summed E-state index contributed by atoms with van der Waals surface area (Å²) < 4.78 is 7.38. The Hall–Kier alpha value is -2.58. The van der Waals surface area contributed by atoms with Gasteiger partial charge in [0.25, 0.3) is 0 Å². The summed E-state index contributed by atoms with van der Waals surface area (Å²) in [5.41, 5.74) is 1.58. The largest absolute Gasteiger partial charge is 0.497 e. The van der Waals surface area contributed by atoms with Gasteiger partial charge in [-0.05, 0) is 69.3 Å². The molecule has 4 rings (SSSR count).